The summed E-state index contributed by atoms with van der Waals surface area (Å²) in [5.74, 6) is -0.562. The van der Waals surface area contributed by atoms with E-state index in [-0.39, 0.29) is 18.3 Å². The number of rotatable bonds is 5. The van der Waals surface area contributed by atoms with Crippen LogP contribution in [0.2, 0.25) is 0 Å². The number of amides is 1. The van der Waals surface area contributed by atoms with Crippen molar-refractivity contribution in [3.8, 4) is 5.69 Å². The summed E-state index contributed by atoms with van der Waals surface area (Å²) < 4.78 is 15.0. The zero-order chi connectivity index (χ0) is 16.9. The number of imidazole rings is 1. The second-order valence-electron chi connectivity index (χ2n) is 5.31. The molecule has 0 aliphatic carbocycles. The molecular formula is C18H17FN4O. The van der Waals surface area contributed by atoms with Crippen molar-refractivity contribution in [2.75, 3.05) is 0 Å². The molecule has 0 saturated carbocycles. The van der Waals surface area contributed by atoms with Crippen molar-refractivity contribution in [1.29, 1.82) is 0 Å². The minimum absolute atomic E-state index is 0.238. The smallest absolute Gasteiger partial charge is 0.253 e. The van der Waals surface area contributed by atoms with Crippen LogP contribution in [0.25, 0.3) is 5.69 Å². The number of carbonyl (C=O) groups is 1. The van der Waals surface area contributed by atoms with Gasteiger partial charge in [-0.3, -0.25) is 4.79 Å². The summed E-state index contributed by atoms with van der Waals surface area (Å²) in [5, 5.41) is 2.81. The largest absolute Gasteiger partial charge is 0.348 e. The highest BCUT2D eigenvalue weighted by Crippen LogP contribution is 2.15. The summed E-state index contributed by atoms with van der Waals surface area (Å²) in [7, 11) is 0. The third kappa shape index (κ3) is 3.49. The molecule has 1 heterocycles. The van der Waals surface area contributed by atoms with E-state index in [9.17, 15) is 9.18 Å². The van der Waals surface area contributed by atoms with E-state index in [1.165, 1.54) is 12.1 Å². The molecule has 1 amide bonds. The third-order valence-corrected chi connectivity index (χ3v) is 3.61. The summed E-state index contributed by atoms with van der Waals surface area (Å²) in [4.78, 5) is 16.7. The number of halogens is 1. The molecule has 0 spiro atoms. The van der Waals surface area contributed by atoms with Crippen LogP contribution in [0.4, 0.5) is 4.39 Å². The van der Waals surface area contributed by atoms with Crippen molar-refractivity contribution in [3.63, 3.8) is 0 Å². The van der Waals surface area contributed by atoms with Gasteiger partial charge in [0.25, 0.3) is 5.91 Å². The van der Waals surface area contributed by atoms with Crippen molar-refractivity contribution < 1.29 is 9.18 Å². The summed E-state index contributed by atoms with van der Waals surface area (Å²) in [6.45, 7) is 0.587. The van der Waals surface area contributed by atoms with Crippen LogP contribution in [0.5, 0.6) is 0 Å². The molecule has 3 N–H and O–H groups in total. The zero-order valence-electron chi connectivity index (χ0n) is 12.9. The van der Waals surface area contributed by atoms with E-state index in [1.54, 1.807) is 41.4 Å². The predicted octanol–water partition coefficient (Wildman–Crippen LogP) is 2.40. The first-order valence-corrected chi connectivity index (χ1v) is 7.52. The molecule has 122 valence electrons. The van der Waals surface area contributed by atoms with Crippen molar-refractivity contribution in [3.05, 3.63) is 83.7 Å². The Kier molecular flexibility index (Phi) is 4.67. The Hall–Kier alpha value is -2.99. The molecule has 0 aliphatic rings. The van der Waals surface area contributed by atoms with Gasteiger partial charge >= 0.3 is 0 Å². The number of hydrogen-bond donors (Lipinski definition) is 2. The topological polar surface area (TPSA) is 72.9 Å². The molecule has 0 unspecified atom stereocenters. The number of para-hydroxylation sites is 1. The molecule has 0 aliphatic heterocycles. The molecule has 0 bridgehead atoms. The van der Waals surface area contributed by atoms with Gasteiger partial charge < -0.3 is 15.6 Å². The molecule has 0 radical (unpaired) electrons. The van der Waals surface area contributed by atoms with Crippen LogP contribution in [0.15, 0.2) is 61.1 Å². The fourth-order valence-corrected chi connectivity index (χ4v) is 2.42. The van der Waals surface area contributed by atoms with E-state index in [1.807, 2.05) is 12.1 Å². The van der Waals surface area contributed by atoms with Crippen molar-refractivity contribution >= 4 is 5.91 Å². The van der Waals surface area contributed by atoms with Crippen LogP contribution in [-0.4, -0.2) is 15.5 Å². The first kappa shape index (κ1) is 15.9. The summed E-state index contributed by atoms with van der Waals surface area (Å²) in [5.41, 5.74) is 8.24. The van der Waals surface area contributed by atoms with Crippen molar-refractivity contribution in [1.82, 2.24) is 14.9 Å². The average Bonchev–Trinajstić information content (AvgIpc) is 3.09. The first-order chi connectivity index (χ1) is 11.7. The van der Waals surface area contributed by atoms with E-state index in [0.717, 1.165) is 5.69 Å². The van der Waals surface area contributed by atoms with Gasteiger partial charge in [-0.1, -0.05) is 24.3 Å². The monoisotopic (exact) mass is 324 g/mol. The van der Waals surface area contributed by atoms with Crippen LogP contribution in [0.1, 0.15) is 21.6 Å². The van der Waals surface area contributed by atoms with Crippen LogP contribution >= 0.6 is 0 Å². The molecule has 1 aromatic heterocycles. The van der Waals surface area contributed by atoms with Gasteiger partial charge in [0.05, 0.1) is 23.3 Å². The van der Waals surface area contributed by atoms with E-state index >= 15 is 0 Å². The molecule has 2 aromatic carbocycles. The second-order valence-corrected chi connectivity index (χ2v) is 5.31. The summed E-state index contributed by atoms with van der Waals surface area (Å²) in [6, 6.07) is 13.4. The quantitative estimate of drug-likeness (QED) is 0.757. The molecule has 0 fully saturated rings. The number of carbonyl (C=O) groups excluding carboxylic acids is 1. The number of benzene rings is 2. The van der Waals surface area contributed by atoms with Gasteiger partial charge in [-0.2, -0.15) is 0 Å². The van der Waals surface area contributed by atoms with Crippen LogP contribution in [0, 0.1) is 5.82 Å². The number of nitrogens with zero attached hydrogens (tertiary/aromatic N) is 2. The van der Waals surface area contributed by atoms with E-state index in [2.05, 4.69) is 10.3 Å². The standard InChI is InChI=1S/C18H17FN4O/c19-14-5-3-4-13(8-14)10-21-18(24)16-6-1-2-7-17(16)23-11-15(9-20)22-12-23/h1-8,11-12H,9-10,20H2,(H,21,24). The number of nitrogens with two attached hydrogens (primary N) is 1. The zero-order valence-corrected chi connectivity index (χ0v) is 12.9. The Morgan fingerprint density at radius 3 is 2.79 bits per heavy atom. The summed E-state index contributed by atoms with van der Waals surface area (Å²) in [6.07, 6.45) is 3.42. The normalized spacial score (nSPS) is 10.6. The lowest BCUT2D eigenvalue weighted by Gasteiger charge is -2.11. The van der Waals surface area contributed by atoms with Gasteiger partial charge in [0.2, 0.25) is 0 Å². The van der Waals surface area contributed by atoms with Crippen LogP contribution < -0.4 is 11.1 Å². The lowest BCUT2D eigenvalue weighted by molar-refractivity contribution is 0.0951. The Bertz CT molecular complexity index is 859. The van der Waals surface area contributed by atoms with Crippen LogP contribution in [0.3, 0.4) is 0 Å². The maximum atomic E-state index is 13.2. The highest BCUT2D eigenvalue weighted by molar-refractivity contribution is 5.97. The van der Waals surface area contributed by atoms with Gasteiger partial charge in [0.15, 0.2) is 0 Å². The molecule has 0 atom stereocenters. The fraction of sp³-hybridized carbons (Fsp3) is 0.111. The van der Waals surface area contributed by atoms with E-state index in [0.29, 0.717) is 23.4 Å². The second kappa shape index (κ2) is 7.06. The minimum atomic E-state index is -0.324. The molecule has 6 heteroatoms. The summed E-state index contributed by atoms with van der Waals surface area (Å²) >= 11 is 0. The SMILES string of the molecule is NCc1cn(-c2ccccc2C(=O)NCc2cccc(F)c2)cn1. The minimum Gasteiger partial charge on any atom is -0.348 e. The van der Waals surface area contributed by atoms with Crippen molar-refractivity contribution in [2.24, 2.45) is 5.73 Å². The Morgan fingerprint density at radius 1 is 1.21 bits per heavy atom. The van der Waals surface area contributed by atoms with Gasteiger partial charge in [-0.25, -0.2) is 9.37 Å². The molecule has 3 aromatic rings. The highest BCUT2D eigenvalue weighted by Gasteiger charge is 2.12. The molecule has 3 rings (SSSR count). The molecule has 0 saturated heterocycles. The Morgan fingerprint density at radius 2 is 2.04 bits per heavy atom. The maximum Gasteiger partial charge on any atom is 0.253 e. The van der Waals surface area contributed by atoms with E-state index < -0.39 is 0 Å². The highest BCUT2D eigenvalue weighted by atomic mass is 19.1. The van der Waals surface area contributed by atoms with Gasteiger partial charge in [0.1, 0.15) is 5.82 Å². The van der Waals surface area contributed by atoms with Gasteiger partial charge in [-0.15, -0.1) is 0 Å². The number of aromatic nitrogens is 2. The van der Waals surface area contributed by atoms with Gasteiger partial charge in [0, 0.05) is 19.3 Å². The molecule has 24 heavy (non-hydrogen) atoms. The number of hydrogen-bond acceptors (Lipinski definition) is 3. The fourth-order valence-electron chi connectivity index (χ4n) is 2.42. The Balaban J connectivity index is 1.80. The van der Waals surface area contributed by atoms with E-state index in [4.69, 9.17) is 5.73 Å². The predicted molar refractivity (Wildman–Crippen MR) is 89.0 cm³/mol. The van der Waals surface area contributed by atoms with Crippen molar-refractivity contribution in [2.45, 2.75) is 13.1 Å². The first-order valence-electron chi connectivity index (χ1n) is 7.52. The average molecular weight is 324 g/mol. The Labute approximate surface area is 138 Å². The third-order valence-electron chi connectivity index (χ3n) is 3.61. The molecular weight excluding hydrogens is 307 g/mol. The van der Waals surface area contributed by atoms with Gasteiger partial charge in [-0.05, 0) is 29.8 Å². The lowest BCUT2D eigenvalue weighted by atomic mass is 10.1. The molecule has 5 nitrogen and oxygen atoms in total. The maximum absolute atomic E-state index is 13.2. The lowest BCUT2D eigenvalue weighted by Crippen LogP contribution is -2.24. The number of nitrogens with one attached hydrogen (secondary N) is 1. The van der Waals surface area contributed by atoms with Crippen LogP contribution in [-0.2, 0) is 13.1 Å².